The molecule has 0 saturated carbocycles. The van der Waals surface area contributed by atoms with E-state index in [9.17, 15) is 9.59 Å². The van der Waals surface area contributed by atoms with Crippen molar-refractivity contribution >= 4 is 11.9 Å². The van der Waals surface area contributed by atoms with Gasteiger partial charge in [0.05, 0.1) is 0 Å². The standard InChI is InChI=1S/C11H13NO4/c12-9(11(15)16-7-10(13)14)6-8-4-2-1-3-5-8/h1-5,9H,6-7,12H2,(H,13,14). The van der Waals surface area contributed by atoms with E-state index >= 15 is 0 Å². The monoisotopic (exact) mass is 223 g/mol. The molecule has 1 atom stereocenters. The number of aliphatic carboxylic acids is 1. The Morgan fingerprint density at radius 2 is 1.94 bits per heavy atom. The molecule has 5 nitrogen and oxygen atoms in total. The number of carbonyl (C=O) groups excluding carboxylic acids is 1. The summed E-state index contributed by atoms with van der Waals surface area (Å²) in [6.45, 7) is -0.651. The van der Waals surface area contributed by atoms with Crippen LogP contribution in [0.25, 0.3) is 0 Å². The smallest absolute Gasteiger partial charge is 0.341 e. The minimum Gasteiger partial charge on any atom is -0.479 e. The van der Waals surface area contributed by atoms with E-state index in [0.29, 0.717) is 6.42 Å². The molecule has 3 N–H and O–H groups in total. The van der Waals surface area contributed by atoms with Gasteiger partial charge < -0.3 is 15.6 Å². The average molecular weight is 223 g/mol. The van der Waals surface area contributed by atoms with Crippen molar-refractivity contribution in [1.82, 2.24) is 0 Å². The fourth-order valence-electron chi connectivity index (χ4n) is 1.19. The van der Waals surface area contributed by atoms with Gasteiger partial charge in [-0.05, 0) is 12.0 Å². The lowest BCUT2D eigenvalue weighted by Gasteiger charge is -2.10. The predicted octanol–water partition coefficient (Wildman–Crippen LogP) is 0.184. The van der Waals surface area contributed by atoms with Crippen LogP contribution in [0.15, 0.2) is 30.3 Å². The number of hydrogen-bond donors (Lipinski definition) is 2. The van der Waals surface area contributed by atoms with Crippen molar-refractivity contribution in [1.29, 1.82) is 0 Å². The van der Waals surface area contributed by atoms with Crippen LogP contribution >= 0.6 is 0 Å². The zero-order chi connectivity index (χ0) is 12.0. The first-order valence-corrected chi connectivity index (χ1v) is 4.77. The van der Waals surface area contributed by atoms with Crippen molar-refractivity contribution in [2.24, 2.45) is 5.73 Å². The maximum absolute atomic E-state index is 11.2. The van der Waals surface area contributed by atoms with Gasteiger partial charge >= 0.3 is 11.9 Å². The van der Waals surface area contributed by atoms with E-state index in [0.717, 1.165) is 5.56 Å². The molecule has 0 aliphatic heterocycles. The first-order chi connectivity index (χ1) is 7.59. The highest BCUT2D eigenvalue weighted by Gasteiger charge is 2.16. The Bertz CT molecular complexity index is 364. The van der Waals surface area contributed by atoms with Crippen molar-refractivity contribution in [3.8, 4) is 0 Å². The maximum Gasteiger partial charge on any atom is 0.341 e. The van der Waals surface area contributed by atoms with Crippen LogP contribution in [0.1, 0.15) is 5.56 Å². The third-order valence-electron chi connectivity index (χ3n) is 1.94. The molecular formula is C11H13NO4. The Morgan fingerprint density at radius 3 is 2.50 bits per heavy atom. The van der Waals surface area contributed by atoms with Gasteiger partial charge in [-0.15, -0.1) is 0 Å². The van der Waals surface area contributed by atoms with Crippen LogP contribution in [0.3, 0.4) is 0 Å². The summed E-state index contributed by atoms with van der Waals surface area (Å²) in [6.07, 6.45) is 0.333. The number of rotatable bonds is 5. The number of ether oxygens (including phenoxy) is 1. The largest absolute Gasteiger partial charge is 0.479 e. The summed E-state index contributed by atoms with van der Waals surface area (Å²) < 4.78 is 4.47. The summed E-state index contributed by atoms with van der Waals surface area (Å²) in [6, 6.07) is 8.38. The van der Waals surface area contributed by atoms with Crippen LogP contribution in [0, 0.1) is 0 Å². The zero-order valence-electron chi connectivity index (χ0n) is 8.63. The molecule has 0 aliphatic rings. The number of carboxylic acid groups (broad SMARTS) is 1. The zero-order valence-corrected chi connectivity index (χ0v) is 8.63. The molecule has 1 unspecified atom stereocenters. The van der Waals surface area contributed by atoms with Crippen LogP contribution < -0.4 is 5.73 Å². The number of hydrogen-bond acceptors (Lipinski definition) is 4. The molecule has 1 rings (SSSR count). The minimum atomic E-state index is -1.19. The van der Waals surface area contributed by atoms with Crippen molar-refractivity contribution in [2.75, 3.05) is 6.61 Å². The van der Waals surface area contributed by atoms with E-state index in [1.54, 1.807) is 0 Å². The average Bonchev–Trinajstić information content (AvgIpc) is 2.27. The second-order valence-electron chi connectivity index (χ2n) is 3.30. The van der Waals surface area contributed by atoms with Crippen molar-refractivity contribution < 1.29 is 19.4 Å². The van der Waals surface area contributed by atoms with Gasteiger partial charge in [0, 0.05) is 0 Å². The first-order valence-electron chi connectivity index (χ1n) is 4.77. The number of carboxylic acids is 1. The second kappa shape index (κ2) is 5.87. The quantitative estimate of drug-likeness (QED) is 0.695. The Morgan fingerprint density at radius 1 is 1.31 bits per heavy atom. The van der Waals surface area contributed by atoms with Gasteiger partial charge in [-0.25, -0.2) is 4.79 Å². The molecule has 0 radical (unpaired) electrons. The summed E-state index contributed by atoms with van der Waals surface area (Å²) in [7, 11) is 0. The Hall–Kier alpha value is -1.88. The van der Waals surface area contributed by atoms with Crippen LogP contribution in [-0.2, 0) is 20.7 Å². The molecule has 0 saturated heterocycles. The number of carbonyl (C=O) groups is 2. The molecule has 0 heterocycles. The highest BCUT2D eigenvalue weighted by molar-refractivity contribution is 5.79. The topological polar surface area (TPSA) is 89.6 Å². The lowest BCUT2D eigenvalue weighted by Crippen LogP contribution is -2.35. The van der Waals surface area contributed by atoms with Crippen molar-refractivity contribution in [3.63, 3.8) is 0 Å². The van der Waals surface area contributed by atoms with Crippen LogP contribution in [0.5, 0.6) is 0 Å². The van der Waals surface area contributed by atoms with Gasteiger partial charge in [-0.3, -0.25) is 4.79 Å². The van der Waals surface area contributed by atoms with Gasteiger partial charge in [0.1, 0.15) is 6.04 Å². The van der Waals surface area contributed by atoms with Gasteiger partial charge in [0.25, 0.3) is 0 Å². The molecule has 16 heavy (non-hydrogen) atoms. The molecule has 0 aromatic heterocycles. The number of esters is 1. The molecule has 0 amide bonds. The summed E-state index contributed by atoms with van der Waals surface area (Å²) in [4.78, 5) is 21.4. The van der Waals surface area contributed by atoms with E-state index in [-0.39, 0.29) is 0 Å². The molecule has 86 valence electrons. The fraction of sp³-hybridized carbons (Fsp3) is 0.273. The third-order valence-corrected chi connectivity index (χ3v) is 1.94. The summed E-state index contributed by atoms with van der Waals surface area (Å²) in [5.74, 6) is -1.90. The molecule has 0 bridgehead atoms. The van der Waals surface area contributed by atoms with Gasteiger partial charge in [0.15, 0.2) is 6.61 Å². The highest BCUT2D eigenvalue weighted by atomic mass is 16.5. The van der Waals surface area contributed by atoms with E-state index in [1.165, 1.54) is 0 Å². The highest BCUT2D eigenvalue weighted by Crippen LogP contribution is 2.02. The van der Waals surface area contributed by atoms with E-state index in [1.807, 2.05) is 30.3 Å². The lowest BCUT2D eigenvalue weighted by molar-refractivity contribution is -0.155. The van der Waals surface area contributed by atoms with Crippen LogP contribution in [0.2, 0.25) is 0 Å². The predicted molar refractivity (Wildman–Crippen MR) is 56.7 cm³/mol. The molecular weight excluding hydrogens is 210 g/mol. The molecule has 1 aromatic rings. The Kier molecular flexibility index (Phi) is 4.47. The van der Waals surface area contributed by atoms with Crippen molar-refractivity contribution in [3.05, 3.63) is 35.9 Å². The molecule has 1 aromatic carbocycles. The van der Waals surface area contributed by atoms with Crippen LogP contribution in [0.4, 0.5) is 0 Å². The summed E-state index contributed by atoms with van der Waals surface area (Å²) in [5.41, 5.74) is 6.47. The Balaban J connectivity index is 2.43. The second-order valence-corrected chi connectivity index (χ2v) is 3.30. The SMILES string of the molecule is NC(Cc1ccccc1)C(=O)OCC(=O)O. The third kappa shape index (κ3) is 4.10. The maximum atomic E-state index is 11.2. The van der Waals surface area contributed by atoms with Gasteiger partial charge in [-0.1, -0.05) is 30.3 Å². The van der Waals surface area contributed by atoms with E-state index in [2.05, 4.69) is 4.74 Å². The number of nitrogens with two attached hydrogens (primary N) is 1. The fourth-order valence-corrected chi connectivity index (χ4v) is 1.19. The first kappa shape index (κ1) is 12.2. The van der Waals surface area contributed by atoms with Crippen LogP contribution in [-0.4, -0.2) is 29.7 Å². The molecule has 0 fully saturated rings. The van der Waals surface area contributed by atoms with Gasteiger partial charge in [0.2, 0.25) is 0 Å². The van der Waals surface area contributed by atoms with Gasteiger partial charge in [-0.2, -0.15) is 0 Å². The number of benzene rings is 1. The van der Waals surface area contributed by atoms with E-state index in [4.69, 9.17) is 10.8 Å². The molecule has 0 aliphatic carbocycles. The summed E-state index contributed by atoms with van der Waals surface area (Å²) in [5, 5.41) is 8.32. The summed E-state index contributed by atoms with van der Waals surface area (Å²) >= 11 is 0. The lowest BCUT2D eigenvalue weighted by atomic mass is 10.1. The normalized spacial score (nSPS) is 11.8. The van der Waals surface area contributed by atoms with Crippen molar-refractivity contribution in [2.45, 2.75) is 12.5 Å². The molecule has 0 spiro atoms. The van der Waals surface area contributed by atoms with E-state index < -0.39 is 24.6 Å². The Labute approximate surface area is 92.8 Å². The molecule has 5 heteroatoms. The minimum absolute atomic E-state index is 0.333.